The van der Waals surface area contributed by atoms with Crippen LogP contribution in [0.15, 0.2) is 59.5 Å². The molecule has 2 aromatic rings. The largest absolute Gasteiger partial charge is 0.497 e. The highest BCUT2D eigenvalue weighted by Gasteiger charge is 2.44. The number of benzene rings is 2. The number of hydrogen-bond acceptors (Lipinski definition) is 8. The molecule has 4 rings (SSSR count). The van der Waals surface area contributed by atoms with Crippen molar-refractivity contribution in [3.63, 3.8) is 0 Å². The summed E-state index contributed by atoms with van der Waals surface area (Å²) in [6.07, 6.45) is -0.432. The van der Waals surface area contributed by atoms with Crippen LogP contribution in [0.4, 0.5) is 9.59 Å². The molecule has 0 radical (unpaired) electrons. The van der Waals surface area contributed by atoms with Crippen molar-refractivity contribution in [3.05, 3.63) is 60.2 Å². The Balaban J connectivity index is 1.60. The van der Waals surface area contributed by atoms with Crippen molar-refractivity contribution in [1.82, 2.24) is 14.9 Å². The fourth-order valence-corrected chi connectivity index (χ4v) is 6.99. The second-order valence-corrected chi connectivity index (χ2v) is 13.0. The van der Waals surface area contributed by atoms with Gasteiger partial charge in [0.1, 0.15) is 11.9 Å². The van der Waals surface area contributed by atoms with Gasteiger partial charge in [-0.25, -0.2) is 13.2 Å². The van der Waals surface area contributed by atoms with E-state index in [2.05, 4.69) is 10.6 Å². The van der Waals surface area contributed by atoms with Crippen LogP contribution in [-0.4, -0.2) is 90.4 Å². The van der Waals surface area contributed by atoms with E-state index in [1.165, 1.54) is 31.4 Å². The molecular weight excluding hydrogens is 561 g/mol. The molecule has 5 atom stereocenters. The molecule has 2 heterocycles. The molecular formula is C29H40BN3O8S. The standard InChI is InChI=1S/C29H40BN3O8S/c1-19(2)16-33(42(36,37)22-11-9-21(38-3)10-12-22)17-25(31-28(30)34)24(15-20-7-5-4-6-8-20)32-29(35)41-26-18-40-27-23(26)13-14-39-27/h4-12,19,23-27H,13-18,30H2,1-3H3,(H,31,34)(H,32,35)/t23-,24-,25+,26-,27+/m0/s1. The maximum Gasteiger partial charge on any atom is 0.407 e. The van der Waals surface area contributed by atoms with E-state index in [1.54, 1.807) is 12.1 Å². The van der Waals surface area contributed by atoms with Crippen molar-refractivity contribution < 1.29 is 37.0 Å². The molecule has 2 N–H and O–H groups in total. The van der Waals surface area contributed by atoms with Gasteiger partial charge in [-0.3, -0.25) is 4.79 Å². The summed E-state index contributed by atoms with van der Waals surface area (Å²) in [5.74, 6) is 0.139. The van der Waals surface area contributed by atoms with Gasteiger partial charge >= 0.3 is 6.09 Å². The second-order valence-electron chi connectivity index (χ2n) is 11.1. The molecule has 0 aliphatic carbocycles. The van der Waals surface area contributed by atoms with Crippen LogP contribution in [-0.2, 0) is 30.7 Å². The van der Waals surface area contributed by atoms with Crippen LogP contribution < -0.4 is 15.4 Å². The number of sulfonamides is 1. The molecule has 2 aromatic carbocycles. The number of rotatable bonds is 13. The third-order valence-electron chi connectivity index (χ3n) is 7.39. The number of nitrogens with one attached hydrogen (secondary N) is 2. The van der Waals surface area contributed by atoms with Crippen LogP contribution in [0.25, 0.3) is 0 Å². The average Bonchev–Trinajstić information content (AvgIpc) is 3.57. The molecule has 0 spiro atoms. The van der Waals surface area contributed by atoms with Crippen molar-refractivity contribution in [3.8, 4) is 5.75 Å². The number of amides is 2. The van der Waals surface area contributed by atoms with E-state index in [0.29, 0.717) is 18.8 Å². The highest BCUT2D eigenvalue weighted by molar-refractivity contribution is 7.89. The molecule has 0 bridgehead atoms. The van der Waals surface area contributed by atoms with Gasteiger partial charge in [0.2, 0.25) is 17.9 Å². The summed E-state index contributed by atoms with van der Waals surface area (Å²) >= 11 is 0. The number of hydrogen-bond donors (Lipinski definition) is 2. The fraction of sp³-hybridized carbons (Fsp3) is 0.517. The predicted octanol–water partition coefficient (Wildman–Crippen LogP) is 2.15. The Morgan fingerprint density at radius 1 is 1.02 bits per heavy atom. The smallest absolute Gasteiger partial charge is 0.407 e. The molecule has 2 amide bonds. The van der Waals surface area contributed by atoms with Crippen LogP contribution in [0.5, 0.6) is 5.75 Å². The van der Waals surface area contributed by atoms with E-state index >= 15 is 0 Å². The summed E-state index contributed by atoms with van der Waals surface area (Å²) in [5.41, 5.74) is 0.903. The first-order valence-electron chi connectivity index (χ1n) is 14.2. The summed E-state index contributed by atoms with van der Waals surface area (Å²) in [6.45, 7) is 4.76. The maximum absolute atomic E-state index is 13.9. The van der Waals surface area contributed by atoms with Crippen molar-refractivity contribution >= 4 is 29.8 Å². The topological polar surface area (TPSA) is 132 Å². The minimum Gasteiger partial charge on any atom is -0.497 e. The van der Waals surface area contributed by atoms with E-state index in [9.17, 15) is 18.0 Å². The Morgan fingerprint density at radius 2 is 1.74 bits per heavy atom. The second kappa shape index (κ2) is 14.4. The van der Waals surface area contributed by atoms with E-state index < -0.39 is 34.3 Å². The molecule has 11 nitrogen and oxygen atoms in total. The van der Waals surface area contributed by atoms with Gasteiger partial charge in [0, 0.05) is 13.1 Å². The van der Waals surface area contributed by atoms with Crippen LogP contribution >= 0.6 is 0 Å². The number of methoxy groups -OCH3 is 1. The molecule has 2 aliphatic rings. The molecule has 0 aromatic heterocycles. The zero-order valence-electron chi connectivity index (χ0n) is 24.5. The Labute approximate surface area is 248 Å². The SMILES string of the molecule is BC(=O)N[C@H](CN(CC(C)C)S(=O)(=O)c1ccc(OC)cc1)[C@H](Cc1ccccc1)NC(=O)O[C@H]1CO[C@H]2OCC[C@H]21. The number of alkyl carbamates (subject to hydrolysis) is 1. The zero-order valence-corrected chi connectivity index (χ0v) is 25.3. The van der Waals surface area contributed by atoms with Gasteiger partial charge in [0.25, 0.3) is 0 Å². The fourth-order valence-electron chi connectivity index (χ4n) is 5.36. The third-order valence-corrected chi connectivity index (χ3v) is 9.23. The number of carbonyl (C=O) groups is 2. The summed E-state index contributed by atoms with van der Waals surface area (Å²) < 4.78 is 51.2. The van der Waals surface area contributed by atoms with Gasteiger partial charge in [-0.15, -0.1) is 0 Å². The lowest BCUT2D eigenvalue weighted by Gasteiger charge is -2.34. The Morgan fingerprint density at radius 3 is 2.38 bits per heavy atom. The molecule has 13 heteroatoms. The lowest BCUT2D eigenvalue weighted by molar-refractivity contribution is -0.0907. The van der Waals surface area contributed by atoms with E-state index in [1.807, 2.05) is 44.2 Å². The lowest BCUT2D eigenvalue weighted by atomic mass is 9.97. The van der Waals surface area contributed by atoms with Gasteiger partial charge in [-0.05, 0) is 48.6 Å². The summed E-state index contributed by atoms with van der Waals surface area (Å²) in [5, 5.41) is 5.83. The minimum absolute atomic E-state index is 0.00885. The van der Waals surface area contributed by atoms with Gasteiger partial charge in [0.05, 0.1) is 43.2 Å². The normalized spacial score (nSPS) is 21.5. The lowest BCUT2D eigenvalue weighted by Crippen LogP contribution is -2.58. The highest BCUT2D eigenvalue weighted by atomic mass is 32.2. The first-order valence-corrected chi connectivity index (χ1v) is 15.7. The molecule has 0 unspecified atom stereocenters. The summed E-state index contributed by atoms with van der Waals surface area (Å²) in [6, 6.07) is 14.2. The zero-order chi connectivity index (χ0) is 30.3. The van der Waals surface area contributed by atoms with E-state index in [4.69, 9.17) is 18.9 Å². The quantitative estimate of drug-likeness (QED) is 0.334. The van der Waals surface area contributed by atoms with Crippen LogP contribution in [0.2, 0.25) is 0 Å². The van der Waals surface area contributed by atoms with Gasteiger partial charge in [-0.2, -0.15) is 4.31 Å². The minimum atomic E-state index is -3.96. The monoisotopic (exact) mass is 601 g/mol. The maximum atomic E-state index is 13.9. The van der Waals surface area contributed by atoms with Crippen molar-refractivity contribution in [1.29, 1.82) is 0 Å². The Bertz CT molecular complexity index is 1300. The molecule has 2 fully saturated rings. The van der Waals surface area contributed by atoms with Crippen LogP contribution in [0.1, 0.15) is 25.8 Å². The number of ether oxygens (including phenoxy) is 4. The molecule has 2 saturated heterocycles. The first-order chi connectivity index (χ1) is 20.1. The van der Waals surface area contributed by atoms with Crippen molar-refractivity contribution in [2.75, 3.05) is 33.4 Å². The Hall–Kier alpha value is -3.13. The van der Waals surface area contributed by atoms with Gasteiger partial charge in [0.15, 0.2) is 12.1 Å². The third kappa shape index (κ3) is 8.24. The molecule has 2 aliphatic heterocycles. The Kier molecular flexibility index (Phi) is 10.9. The van der Waals surface area contributed by atoms with E-state index in [-0.39, 0.29) is 48.5 Å². The van der Waals surface area contributed by atoms with Crippen LogP contribution in [0, 0.1) is 11.8 Å². The number of fused-ring (bicyclic) bond motifs is 1. The molecule has 228 valence electrons. The molecule has 0 saturated carbocycles. The summed E-state index contributed by atoms with van der Waals surface area (Å²) in [7, 11) is -1.09. The van der Waals surface area contributed by atoms with Gasteiger partial charge in [-0.1, -0.05) is 44.2 Å². The highest BCUT2D eigenvalue weighted by Crippen LogP contribution is 2.33. The van der Waals surface area contributed by atoms with Crippen molar-refractivity contribution in [2.45, 2.75) is 56.1 Å². The van der Waals surface area contributed by atoms with E-state index in [0.717, 1.165) is 12.0 Å². The average molecular weight is 602 g/mol. The van der Waals surface area contributed by atoms with Crippen LogP contribution in [0.3, 0.4) is 0 Å². The molecule has 42 heavy (non-hydrogen) atoms. The van der Waals surface area contributed by atoms with Gasteiger partial charge < -0.3 is 29.6 Å². The number of carbonyl (C=O) groups excluding carboxylic acids is 2. The summed E-state index contributed by atoms with van der Waals surface area (Å²) in [4.78, 5) is 25.8. The number of nitrogens with zero attached hydrogens (tertiary/aromatic N) is 1. The predicted molar refractivity (Wildman–Crippen MR) is 159 cm³/mol. The van der Waals surface area contributed by atoms with Crippen molar-refractivity contribution in [2.24, 2.45) is 11.8 Å². The first kappa shape index (κ1) is 31.8.